The summed E-state index contributed by atoms with van der Waals surface area (Å²) in [4.78, 5) is 12.1. The molecule has 3 nitrogen and oxygen atoms in total. The molecule has 0 aliphatic rings. The number of rotatable bonds is 5. The average molecular weight is 314 g/mol. The number of benzene rings is 1. The van der Waals surface area contributed by atoms with Gasteiger partial charge >= 0.3 is 5.97 Å². The molecule has 0 saturated carbocycles. The summed E-state index contributed by atoms with van der Waals surface area (Å²) in [5, 5.41) is 3.29. The SMILES string of the molecule is CCOC(=O)C(C)(Nc1ccccc1Br)C(C)C. The van der Waals surface area contributed by atoms with Crippen LogP contribution in [-0.2, 0) is 9.53 Å². The molecule has 1 atom stereocenters. The van der Waals surface area contributed by atoms with Crippen LogP contribution in [0.3, 0.4) is 0 Å². The lowest BCUT2D eigenvalue weighted by molar-refractivity contribution is -0.149. The summed E-state index contributed by atoms with van der Waals surface area (Å²) in [5.41, 5.74) is 0.154. The Hall–Kier alpha value is -1.03. The van der Waals surface area contributed by atoms with Crippen LogP contribution in [0.2, 0.25) is 0 Å². The number of hydrogen-bond donors (Lipinski definition) is 1. The molecule has 0 aromatic heterocycles. The number of carbonyl (C=O) groups excluding carboxylic acids is 1. The van der Waals surface area contributed by atoms with Crippen LogP contribution in [0.5, 0.6) is 0 Å². The van der Waals surface area contributed by atoms with E-state index in [0.29, 0.717) is 6.61 Å². The summed E-state index contributed by atoms with van der Waals surface area (Å²) in [6, 6.07) is 7.74. The molecule has 1 unspecified atom stereocenters. The van der Waals surface area contributed by atoms with Crippen molar-refractivity contribution in [3.63, 3.8) is 0 Å². The monoisotopic (exact) mass is 313 g/mol. The summed E-state index contributed by atoms with van der Waals surface area (Å²) in [5.74, 6) is -0.112. The molecule has 1 N–H and O–H groups in total. The molecule has 0 aliphatic carbocycles. The topological polar surface area (TPSA) is 38.3 Å². The van der Waals surface area contributed by atoms with Crippen LogP contribution in [0.25, 0.3) is 0 Å². The van der Waals surface area contributed by atoms with Crippen molar-refractivity contribution in [3.8, 4) is 0 Å². The van der Waals surface area contributed by atoms with Crippen LogP contribution in [0, 0.1) is 5.92 Å². The highest BCUT2D eigenvalue weighted by Gasteiger charge is 2.38. The molecule has 100 valence electrons. The number of anilines is 1. The smallest absolute Gasteiger partial charge is 0.331 e. The van der Waals surface area contributed by atoms with Crippen molar-refractivity contribution in [3.05, 3.63) is 28.7 Å². The van der Waals surface area contributed by atoms with Crippen molar-refractivity contribution in [1.82, 2.24) is 0 Å². The number of carbonyl (C=O) groups is 1. The number of ether oxygens (including phenoxy) is 1. The zero-order valence-electron chi connectivity index (χ0n) is 11.3. The normalized spacial score (nSPS) is 14.1. The van der Waals surface area contributed by atoms with Gasteiger partial charge in [-0.3, -0.25) is 0 Å². The minimum atomic E-state index is -0.736. The Bertz CT molecular complexity index is 420. The number of esters is 1. The molecule has 0 fully saturated rings. The van der Waals surface area contributed by atoms with Crippen LogP contribution >= 0.6 is 15.9 Å². The Morgan fingerprint density at radius 3 is 2.56 bits per heavy atom. The summed E-state index contributed by atoms with van der Waals surface area (Å²) in [6.45, 7) is 8.08. The number of halogens is 1. The van der Waals surface area contributed by atoms with E-state index in [4.69, 9.17) is 4.74 Å². The van der Waals surface area contributed by atoms with E-state index in [2.05, 4.69) is 21.2 Å². The Balaban J connectivity index is 3.00. The summed E-state index contributed by atoms with van der Waals surface area (Å²) in [7, 11) is 0. The first kappa shape index (κ1) is 15.0. The van der Waals surface area contributed by atoms with Crippen LogP contribution in [-0.4, -0.2) is 18.1 Å². The predicted molar refractivity (Wildman–Crippen MR) is 77.6 cm³/mol. The van der Waals surface area contributed by atoms with Gasteiger partial charge in [0.2, 0.25) is 0 Å². The second-order valence-electron chi connectivity index (χ2n) is 4.68. The largest absolute Gasteiger partial charge is 0.464 e. The molecule has 0 saturated heterocycles. The highest BCUT2D eigenvalue weighted by molar-refractivity contribution is 9.10. The minimum Gasteiger partial charge on any atom is -0.464 e. The first-order valence-corrected chi connectivity index (χ1v) is 6.91. The van der Waals surface area contributed by atoms with Gasteiger partial charge in [0.1, 0.15) is 5.54 Å². The standard InChI is InChI=1S/C14H20BrNO2/c1-5-18-13(17)14(4,10(2)3)16-12-9-7-6-8-11(12)15/h6-10,16H,5H2,1-4H3. The minimum absolute atomic E-state index is 0.114. The van der Waals surface area contributed by atoms with Gasteiger partial charge in [0.25, 0.3) is 0 Å². The molecule has 1 rings (SSSR count). The molecule has 1 aromatic carbocycles. The lowest BCUT2D eigenvalue weighted by Gasteiger charge is -2.33. The van der Waals surface area contributed by atoms with Gasteiger partial charge in [-0.25, -0.2) is 4.79 Å². The van der Waals surface area contributed by atoms with Gasteiger partial charge in [-0.2, -0.15) is 0 Å². The Morgan fingerprint density at radius 2 is 2.06 bits per heavy atom. The van der Waals surface area contributed by atoms with Crippen molar-refractivity contribution in [2.45, 2.75) is 33.2 Å². The molecule has 0 radical (unpaired) electrons. The maximum Gasteiger partial charge on any atom is 0.331 e. The molecular formula is C14H20BrNO2. The van der Waals surface area contributed by atoms with E-state index in [0.717, 1.165) is 10.2 Å². The highest BCUT2D eigenvalue weighted by atomic mass is 79.9. The molecule has 18 heavy (non-hydrogen) atoms. The first-order chi connectivity index (χ1) is 8.41. The lowest BCUT2D eigenvalue weighted by Crippen LogP contribution is -2.49. The van der Waals surface area contributed by atoms with Gasteiger partial charge < -0.3 is 10.1 Å². The van der Waals surface area contributed by atoms with Gasteiger partial charge in [-0.15, -0.1) is 0 Å². The van der Waals surface area contributed by atoms with Crippen molar-refractivity contribution in [2.24, 2.45) is 5.92 Å². The average Bonchev–Trinajstić information content (AvgIpc) is 2.32. The van der Waals surface area contributed by atoms with Crippen molar-refractivity contribution in [1.29, 1.82) is 0 Å². The van der Waals surface area contributed by atoms with E-state index in [-0.39, 0.29) is 11.9 Å². The molecular weight excluding hydrogens is 294 g/mol. The summed E-state index contributed by atoms with van der Waals surface area (Å²) < 4.78 is 6.10. The van der Waals surface area contributed by atoms with Gasteiger partial charge in [0, 0.05) is 10.2 Å². The third kappa shape index (κ3) is 3.25. The summed E-state index contributed by atoms with van der Waals surface area (Å²) >= 11 is 3.47. The second-order valence-corrected chi connectivity index (χ2v) is 5.54. The van der Waals surface area contributed by atoms with Crippen LogP contribution < -0.4 is 5.32 Å². The Morgan fingerprint density at radius 1 is 1.44 bits per heavy atom. The first-order valence-electron chi connectivity index (χ1n) is 6.11. The van der Waals surface area contributed by atoms with Gasteiger partial charge in [-0.1, -0.05) is 26.0 Å². The van der Waals surface area contributed by atoms with E-state index in [9.17, 15) is 4.79 Å². The maximum absolute atomic E-state index is 12.1. The highest BCUT2D eigenvalue weighted by Crippen LogP contribution is 2.29. The predicted octanol–water partition coefficient (Wildman–Crippen LogP) is 3.84. The fourth-order valence-corrected chi connectivity index (χ4v) is 1.94. The van der Waals surface area contributed by atoms with E-state index in [1.165, 1.54) is 0 Å². The molecule has 0 bridgehead atoms. The van der Waals surface area contributed by atoms with E-state index < -0.39 is 5.54 Å². The zero-order chi connectivity index (χ0) is 13.8. The van der Waals surface area contributed by atoms with Crippen molar-refractivity contribution < 1.29 is 9.53 Å². The summed E-state index contributed by atoms with van der Waals surface area (Å²) in [6.07, 6.45) is 0. The molecule has 0 spiro atoms. The third-order valence-corrected chi connectivity index (χ3v) is 3.81. The fraction of sp³-hybridized carbons (Fsp3) is 0.500. The molecule has 0 aliphatic heterocycles. The van der Waals surface area contributed by atoms with Gasteiger partial charge in [0.05, 0.1) is 6.61 Å². The van der Waals surface area contributed by atoms with E-state index in [1.54, 1.807) is 0 Å². The fourth-order valence-electron chi connectivity index (χ4n) is 1.55. The van der Waals surface area contributed by atoms with Crippen LogP contribution in [0.15, 0.2) is 28.7 Å². The quantitative estimate of drug-likeness (QED) is 0.839. The van der Waals surface area contributed by atoms with Gasteiger partial charge in [0.15, 0.2) is 0 Å². The maximum atomic E-state index is 12.1. The second kappa shape index (κ2) is 6.23. The van der Waals surface area contributed by atoms with Gasteiger partial charge in [-0.05, 0) is 47.8 Å². The number of para-hydroxylation sites is 1. The molecule has 0 amide bonds. The lowest BCUT2D eigenvalue weighted by atomic mass is 9.88. The molecule has 1 aromatic rings. The van der Waals surface area contributed by atoms with Crippen LogP contribution in [0.1, 0.15) is 27.7 Å². The Labute approximate surface area is 117 Å². The zero-order valence-corrected chi connectivity index (χ0v) is 12.9. The third-order valence-electron chi connectivity index (χ3n) is 3.12. The molecule has 4 heteroatoms. The van der Waals surface area contributed by atoms with Crippen LogP contribution in [0.4, 0.5) is 5.69 Å². The van der Waals surface area contributed by atoms with Crippen molar-refractivity contribution >= 4 is 27.6 Å². The number of nitrogens with one attached hydrogen (secondary N) is 1. The molecule has 0 heterocycles. The van der Waals surface area contributed by atoms with E-state index >= 15 is 0 Å². The Kier molecular flexibility index (Phi) is 5.20. The van der Waals surface area contributed by atoms with E-state index in [1.807, 2.05) is 52.0 Å². The number of hydrogen-bond acceptors (Lipinski definition) is 3. The van der Waals surface area contributed by atoms with Crippen molar-refractivity contribution in [2.75, 3.05) is 11.9 Å².